The summed E-state index contributed by atoms with van der Waals surface area (Å²) in [7, 11) is 0. The number of aryl methyl sites for hydroxylation is 1. The van der Waals surface area contributed by atoms with Crippen LogP contribution in [0.3, 0.4) is 0 Å². The van der Waals surface area contributed by atoms with Gasteiger partial charge in [0.2, 0.25) is 5.76 Å². The molecule has 0 saturated heterocycles. The molecule has 6 nitrogen and oxygen atoms in total. The number of carboxylic acid groups (broad SMARTS) is 1. The molecule has 1 aliphatic rings. The van der Waals surface area contributed by atoms with Crippen molar-refractivity contribution < 1.29 is 23.8 Å². The summed E-state index contributed by atoms with van der Waals surface area (Å²) in [5.41, 5.74) is 5.53. The van der Waals surface area contributed by atoms with Crippen LogP contribution in [0.25, 0.3) is 16.9 Å². The van der Waals surface area contributed by atoms with Gasteiger partial charge in [-0.05, 0) is 73.7 Å². The maximum absolute atomic E-state index is 12.1. The van der Waals surface area contributed by atoms with Gasteiger partial charge in [-0.2, -0.15) is 0 Å². The van der Waals surface area contributed by atoms with Gasteiger partial charge in [-0.1, -0.05) is 36.4 Å². The van der Waals surface area contributed by atoms with Gasteiger partial charge in [0, 0.05) is 17.3 Å². The van der Waals surface area contributed by atoms with Gasteiger partial charge in [-0.3, -0.25) is 0 Å². The highest BCUT2D eigenvalue weighted by atomic mass is 16.5. The second-order valence-electron chi connectivity index (χ2n) is 8.42. The molecule has 0 spiro atoms. The van der Waals surface area contributed by atoms with Crippen LogP contribution >= 0.6 is 0 Å². The minimum Gasteiger partial charge on any atom is -0.478 e. The fourth-order valence-corrected chi connectivity index (χ4v) is 4.73. The van der Waals surface area contributed by atoms with Gasteiger partial charge in [0.1, 0.15) is 5.76 Å². The number of nitrogens with zero attached hydrogens (tertiary/aromatic N) is 1. The van der Waals surface area contributed by atoms with E-state index >= 15 is 0 Å². The van der Waals surface area contributed by atoms with Crippen LogP contribution in [-0.2, 0) is 17.6 Å². The summed E-state index contributed by atoms with van der Waals surface area (Å²) in [5.74, 6) is -0.315. The molecular weight excluding hydrogens is 430 g/mol. The lowest BCUT2D eigenvalue weighted by Crippen LogP contribution is -2.15. The molecule has 2 heterocycles. The predicted molar refractivity (Wildman–Crippen MR) is 128 cm³/mol. The van der Waals surface area contributed by atoms with E-state index < -0.39 is 11.9 Å². The van der Waals surface area contributed by atoms with E-state index in [1.165, 1.54) is 5.56 Å². The normalized spacial score (nSPS) is 15.0. The van der Waals surface area contributed by atoms with Crippen LogP contribution in [0, 0.1) is 0 Å². The third kappa shape index (κ3) is 4.03. The Balaban J connectivity index is 1.57. The minimum atomic E-state index is -0.955. The molecule has 34 heavy (non-hydrogen) atoms. The third-order valence-electron chi connectivity index (χ3n) is 6.32. The number of carboxylic acids is 1. The molecule has 4 aromatic rings. The number of esters is 1. The molecule has 0 saturated carbocycles. The van der Waals surface area contributed by atoms with Gasteiger partial charge in [-0.25, -0.2) is 9.59 Å². The van der Waals surface area contributed by atoms with Gasteiger partial charge >= 0.3 is 11.9 Å². The van der Waals surface area contributed by atoms with E-state index in [0.717, 1.165) is 47.7 Å². The summed E-state index contributed by atoms with van der Waals surface area (Å²) in [6, 6.07) is 22.9. The largest absolute Gasteiger partial charge is 0.478 e. The van der Waals surface area contributed by atoms with Crippen LogP contribution in [0.5, 0.6) is 0 Å². The van der Waals surface area contributed by atoms with Crippen LogP contribution < -0.4 is 0 Å². The zero-order valence-corrected chi connectivity index (χ0v) is 18.9. The van der Waals surface area contributed by atoms with Gasteiger partial charge in [0.05, 0.1) is 17.9 Å². The number of aromatic nitrogens is 1. The molecule has 1 unspecified atom stereocenters. The van der Waals surface area contributed by atoms with E-state index in [2.05, 4.69) is 22.8 Å². The lowest BCUT2D eigenvalue weighted by Gasteiger charge is -2.23. The van der Waals surface area contributed by atoms with E-state index in [0.29, 0.717) is 6.61 Å². The maximum Gasteiger partial charge on any atom is 0.374 e. The highest BCUT2D eigenvalue weighted by Crippen LogP contribution is 2.39. The average Bonchev–Trinajstić information content (AvgIpc) is 3.50. The van der Waals surface area contributed by atoms with Gasteiger partial charge in [0.15, 0.2) is 0 Å². The lowest BCUT2D eigenvalue weighted by molar-refractivity contribution is 0.0486. The van der Waals surface area contributed by atoms with Crippen molar-refractivity contribution in [3.05, 3.63) is 101 Å². The highest BCUT2D eigenvalue weighted by Gasteiger charge is 2.29. The fraction of sp³-hybridized carbons (Fsp3) is 0.214. The van der Waals surface area contributed by atoms with Crippen molar-refractivity contribution in [3.63, 3.8) is 0 Å². The first-order valence-electron chi connectivity index (χ1n) is 11.4. The molecule has 0 amide bonds. The topological polar surface area (TPSA) is 81.7 Å². The Bertz CT molecular complexity index is 1350. The maximum atomic E-state index is 12.1. The van der Waals surface area contributed by atoms with E-state index in [1.807, 2.05) is 30.3 Å². The number of hydrogen-bond acceptors (Lipinski definition) is 4. The molecule has 2 aromatic heterocycles. The Morgan fingerprint density at radius 3 is 2.65 bits per heavy atom. The monoisotopic (exact) mass is 455 g/mol. The molecule has 6 heteroatoms. The summed E-state index contributed by atoms with van der Waals surface area (Å²) in [6.07, 6.45) is 2.48. The average molecular weight is 456 g/mol. The number of fused-ring (bicyclic) bond motifs is 1. The SMILES string of the molecule is CCOC(=O)c1ccc(C2CCc3cc(-c4ccccc4)n(-c4cccc(C(=O)O)c4)c3C2)o1. The molecule has 1 N–H and O–H groups in total. The number of benzene rings is 2. The van der Waals surface area contributed by atoms with Crippen molar-refractivity contribution in [1.82, 2.24) is 4.57 Å². The number of carbonyl (C=O) groups is 2. The van der Waals surface area contributed by atoms with Crippen molar-refractivity contribution in [2.24, 2.45) is 0 Å². The molecule has 0 fully saturated rings. The Kier molecular flexibility index (Phi) is 5.80. The van der Waals surface area contributed by atoms with Gasteiger partial charge < -0.3 is 18.8 Å². The molecule has 172 valence electrons. The number of carbonyl (C=O) groups excluding carboxylic acids is 1. The quantitative estimate of drug-likeness (QED) is 0.367. The number of furan rings is 1. The third-order valence-corrected chi connectivity index (χ3v) is 6.32. The van der Waals surface area contributed by atoms with Crippen LogP contribution in [0.4, 0.5) is 0 Å². The smallest absolute Gasteiger partial charge is 0.374 e. The Morgan fingerprint density at radius 1 is 1.06 bits per heavy atom. The summed E-state index contributed by atoms with van der Waals surface area (Å²) < 4.78 is 13.1. The van der Waals surface area contributed by atoms with Crippen molar-refractivity contribution in [3.8, 4) is 16.9 Å². The summed E-state index contributed by atoms with van der Waals surface area (Å²) in [6.45, 7) is 2.06. The van der Waals surface area contributed by atoms with E-state index in [9.17, 15) is 14.7 Å². The number of hydrogen-bond donors (Lipinski definition) is 1. The molecule has 0 radical (unpaired) electrons. The highest BCUT2D eigenvalue weighted by molar-refractivity contribution is 5.88. The number of rotatable bonds is 6. The van der Waals surface area contributed by atoms with E-state index in [4.69, 9.17) is 9.15 Å². The summed E-state index contributed by atoms with van der Waals surface area (Å²) in [4.78, 5) is 23.7. The van der Waals surface area contributed by atoms with Gasteiger partial charge in [0.25, 0.3) is 0 Å². The van der Waals surface area contributed by atoms with Crippen LogP contribution in [-0.4, -0.2) is 28.2 Å². The second kappa shape index (κ2) is 9.06. The van der Waals surface area contributed by atoms with Gasteiger partial charge in [-0.15, -0.1) is 0 Å². The Morgan fingerprint density at radius 2 is 1.88 bits per heavy atom. The zero-order chi connectivity index (χ0) is 23.7. The number of ether oxygens (including phenoxy) is 1. The summed E-state index contributed by atoms with van der Waals surface area (Å²) in [5, 5.41) is 9.55. The first kappa shape index (κ1) is 21.8. The van der Waals surface area contributed by atoms with Crippen LogP contribution in [0.1, 0.15) is 57.2 Å². The standard InChI is InChI=1S/C28H25NO5/c1-2-33-28(32)26-14-13-25(34-26)20-12-11-19-16-23(18-7-4-3-5-8-18)29(24(19)17-20)22-10-6-9-21(15-22)27(30)31/h3-10,13-16,20H,2,11-12,17H2,1H3,(H,30,31). The van der Waals surface area contributed by atoms with Crippen molar-refractivity contribution >= 4 is 11.9 Å². The minimum absolute atomic E-state index is 0.107. The molecule has 0 aliphatic heterocycles. The lowest BCUT2D eigenvalue weighted by atomic mass is 9.86. The first-order valence-corrected chi connectivity index (χ1v) is 11.4. The molecule has 5 rings (SSSR count). The number of aromatic carboxylic acids is 1. The van der Waals surface area contributed by atoms with Crippen LogP contribution in [0.15, 0.2) is 77.2 Å². The van der Waals surface area contributed by atoms with Crippen LogP contribution in [0.2, 0.25) is 0 Å². The Hall–Kier alpha value is -4.06. The molecule has 1 aliphatic carbocycles. The Labute approximate surface area is 197 Å². The zero-order valence-electron chi connectivity index (χ0n) is 18.9. The van der Waals surface area contributed by atoms with Crippen molar-refractivity contribution in [2.75, 3.05) is 6.61 Å². The molecule has 1 atom stereocenters. The summed E-state index contributed by atoms with van der Waals surface area (Å²) >= 11 is 0. The van der Waals surface area contributed by atoms with E-state index in [-0.39, 0.29) is 17.2 Å². The van der Waals surface area contributed by atoms with Crippen molar-refractivity contribution in [1.29, 1.82) is 0 Å². The predicted octanol–water partition coefficient (Wildman–Crippen LogP) is 5.88. The second-order valence-corrected chi connectivity index (χ2v) is 8.42. The first-order chi connectivity index (χ1) is 16.5. The van der Waals surface area contributed by atoms with Crippen molar-refractivity contribution in [2.45, 2.75) is 32.1 Å². The molecule has 2 aromatic carbocycles. The molecular formula is C28H25NO5. The molecule has 0 bridgehead atoms. The van der Waals surface area contributed by atoms with E-state index in [1.54, 1.807) is 31.2 Å². The fourth-order valence-electron chi connectivity index (χ4n) is 4.73.